The zero-order chi connectivity index (χ0) is 14.8. The van der Waals surface area contributed by atoms with Crippen LogP contribution in [0.5, 0.6) is 0 Å². The second-order valence-corrected chi connectivity index (χ2v) is 4.37. The Morgan fingerprint density at radius 1 is 1.20 bits per heavy atom. The summed E-state index contributed by atoms with van der Waals surface area (Å²) in [5, 5.41) is 0. The molecule has 1 rings (SSSR count). The van der Waals surface area contributed by atoms with Crippen LogP contribution >= 0.6 is 0 Å². The van der Waals surface area contributed by atoms with Gasteiger partial charge in [0.15, 0.2) is 0 Å². The quantitative estimate of drug-likeness (QED) is 0.434. The van der Waals surface area contributed by atoms with Crippen molar-refractivity contribution in [2.45, 2.75) is 26.7 Å². The molecule has 3 heteroatoms. The molecule has 3 nitrogen and oxygen atoms in total. The summed E-state index contributed by atoms with van der Waals surface area (Å²) in [5.74, 6) is -0.159. The number of hydrogen-bond donors (Lipinski definition) is 0. The van der Waals surface area contributed by atoms with Crippen LogP contribution < -0.4 is 0 Å². The molecule has 0 heterocycles. The van der Waals surface area contributed by atoms with Crippen molar-refractivity contribution in [2.75, 3.05) is 6.61 Å². The first-order valence-corrected chi connectivity index (χ1v) is 6.72. The molecule has 0 bridgehead atoms. The SMILES string of the molecule is CCOC(=O)/C=C/C=C/c1ccccc1CCC(C)=O. The number of carbonyl (C=O) groups is 2. The molecule has 0 aromatic heterocycles. The Bertz CT molecular complexity index is 513. The number of allylic oxidation sites excluding steroid dienone is 2. The highest BCUT2D eigenvalue weighted by atomic mass is 16.5. The van der Waals surface area contributed by atoms with Gasteiger partial charge >= 0.3 is 5.97 Å². The lowest BCUT2D eigenvalue weighted by atomic mass is 10.0. The minimum absolute atomic E-state index is 0.186. The van der Waals surface area contributed by atoms with E-state index in [0.29, 0.717) is 13.0 Å². The maximum Gasteiger partial charge on any atom is 0.330 e. The highest BCUT2D eigenvalue weighted by Crippen LogP contribution is 2.13. The summed E-state index contributed by atoms with van der Waals surface area (Å²) in [6, 6.07) is 7.91. The molecule has 0 saturated heterocycles. The molecule has 0 unspecified atom stereocenters. The predicted octanol–water partition coefficient (Wildman–Crippen LogP) is 3.34. The Labute approximate surface area is 120 Å². The first-order chi connectivity index (χ1) is 9.63. The molecule has 0 radical (unpaired) electrons. The molecule has 20 heavy (non-hydrogen) atoms. The normalized spacial score (nSPS) is 11.1. The van der Waals surface area contributed by atoms with Crippen molar-refractivity contribution in [2.24, 2.45) is 0 Å². The second-order valence-electron chi connectivity index (χ2n) is 4.37. The maximum atomic E-state index is 11.1. The lowest BCUT2D eigenvalue weighted by molar-refractivity contribution is -0.137. The fourth-order valence-electron chi connectivity index (χ4n) is 1.72. The van der Waals surface area contributed by atoms with Gasteiger partial charge in [-0.05, 0) is 31.4 Å². The van der Waals surface area contributed by atoms with Crippen molar-refractivity contribution >= 4 is 17.8 Å². The number of hydrogen-bond acceptors (Lipinski definition) is 3. The lowest BCUT2D eigenvalue weighted by Crippen LogP contribution is -1.98. The fraction of sp³-hybridized carbons (Fsp3) is 0.294. The lowest BCUT2D eigenvalue weighted by Gasteiger charge is -2.04. The van der Waals surface area contributed by atoms with Crippen LogP contribution in [0.15, 0.2) is 42.5 Å². The highest BCUT2D eigenvalue weighted by Gasteiger charge is 2.00. The number of benzene rings is 1. The van der Waals surface area contributed by atoms with Crippen LogP contribution in [0.4, 0.5) is 0 Å². The fourth-order valence-corrected chi connectivity index (χ4v) is 1.72. The van der Waals surface area contributed by atoms with Crippen LogP contribution in [0.2, 0.25) is 0 Å². The van der Waals surface area contributed by atoms with Gasteiger partial charge in [-0.3, -0.25) is 0 Å². The average Bonchev–Trinajstić information content (AvgIpc) is 2.42. The molecule has 1 aromatic rings. The molecule has 0 spiro atoms. The van der Waals surface area contributed by atoms with Crippen LogP contribution in [0.25, 0.3) is 6.08 Å². The summed E-state index contributed by atoms with van der Waals surface area (Å²) in [5.41, 5.74) is 2.19. The Morgan fingerprint density at radius 3 is 2.65 bits per heavy atom. The molecule has 106 valence electrons. The van der Waals surface area contributed by atoms with Gasteiger partial charge in [0.05, 0.1) is 6.61 Å². The third kappa shape index (κ3) is 6.14. The van der Waals surface area contributed by atoms with Gasteiger partial charge in [0.1, 0.15) is 5.78 Å². The maximum absolute atomic E-state index is 11.1. The Kier molecular flexibility index (Phi) is 7.04. The van der Waals surface area contributed by atoms with Crippen molar-refractivity contribution in [1.29, 1.82) is 0 Å². The Hall–Kier alpha value is -2.16. The number of ether oxygens (including phenoxy) is 1. The first-order valence-electron chi connectivity index (χ1n) is 6.72. The summed E-state index contributed by atoms with van der Waals surface area (Å²) >= 11 is 0. The third-order valence-electron chi connectivity index (χ3n) is 2.71. The Morgan fingerprint density at radius 2 is 1.95 bits per heavy atom. The minimum Gasteiger partial charge on any atom is -0.463 e. The molecule has 0 aliphatic rings. The zero-order valence-corrected chi connectivity index (χ0v) is 12.0. The van der Waals surface area contributed by atoms with Crippen LogP contribution in [-0.2, 0) is 20.7 Å². The van der Waals surface area contributed by atoms with E-state index in [1.54, 1.807) is 26.0 Å². The first kappa shape index (κ1) is 15.9. The monoisotopic (exact) mass is 272 g/mol. The van der Waals surface area contributed by atoms with E-state index in [1.165, 1.54) is 6.08 Å². The zero-order valence-electron chi connectivity index (χ0n) is 12.0. The second kappa shape index (κ2) is 8.86. The topological polar surface area (TPSA) is 43.4 Å². The standard InChI is InChI=1S/C17H20O3/c1-3-20-17(19)11-7-6-9-15-8-4-5-10-16(15)13-12-14(2)18/h4-11H,3,12-13H2,1-2H3/b9-6+,11-7+. The van der Waals surface area contributed by atoms with Gasteiger partial charge in [-0.15, -0.1) is 0 Å². The largest absolute Gasteiger partial charge is 0.463 e. The van der Waals surface area contributed by atoms with Gasteiger partial charge in [-0.25, -0.2) is 4.79 Å². The van der Waals surface area contributed by atoms with Gasteiger partial charge < -0.3 is 9.53 Å². The van der Waals surface area contributed by atoms with Crippen LogP contribution in [0.1, 0.15) is 31.4 Å². The van der Waals surface area contributed by atoms with Crippen molar-refractivity contribution in [3.8, 4) is 0 Å². The molecule has 0 aliphatic carbocycles. The molecule has 0 amide bonds. The molecule has 0 atom stereocenters. The number of Topliss-reactive ketones (excluding diaryl/α,β-unsaturated/α-hetero) is 1. The number of rotatable bonds is 7. The molecule has 0 saturated carbocycles. The van der Waals surface area contributed by atoms with Crippen LogP contribution in [-0.4, -0.2) is 18.4 Å². The van der Waals surface area contributed by atoms with Gasteiger partial charge in [0, 0.05) is 12.5 Å². The predicted molar refractivity (Wildman–Crippen MR) is 80.3 cm³/mol. The van der Waals surface area contributed by atoms with Crippen molar-refractivity contribution in [3.05, 3.63) is 53.6 Å². The van der Waals surface area contributed by atoms with Crippen molar-refractivity contribution in [3.63, 3.8) is 0 Å². The summed E-state index contributed by atoms with van der Waals surface area (Å²) in [6.07, 6.45) is 8.04. The van der Waals surface area contributed by atoms with E-state index in [-0.39, 0.29) is 11.8 Å². The molecule has 1 aromatic carbocycles. The smallest absolute Gasteiger partial charge is 0.330 e. The number of ketones is 1. The summed E-state index contributed by atoms with van der Waals surface area (Å²) in [7, 11) is 0. The van der Waals surface area contributed by atoms with Crippen LogP contribution in [0, 0.1) is 0 Å². The highest BCUT2D eigenvalue weighted by molar-refractivity contribution is 5.82. The van der Waals surface area contributed by atoms with E-state index in [9.17, 15) is 9.59 Å². The summed E-state index contributed by atoms with van der Waals surface area (Å²) in [4.78, 5) is 22.2. The molecular weight excluding hydrogens is 252 g/mol. The average molecular weight is 272 g/mol. The number of esters is 1. The molecule has 0 aliphatic heterocycles. The number of aryl methyl sites for hydroxylation is 1. The van der Waals surface area contributed by atoms with E-state index in [2.05, 4.69) is 0 Å². The van der Waals surface area contributed by atoms with Crippen molar-refractivity contribution < 1.29 is 14.3 Å². The van der Waals surface area contributed by atoms with Crippen molar-refractivity contribution in [1.82, 2.24) is 0 Å². The molecular formula is C17H20O3. The van der Waals surface area contributed by atoms with E-state index < -0.39 is 0 Å². The number of carbonyl (C=O) groups excluding carboxylic acids is 2. The van der Waals surface area contributed by atoms with Gasteiger partial charge in [0.2, 0.25) is 0 Å². The van der Waals surface area contributed by atoms with E-state index in [4.69, 9.17) is 4.74 Å². The summed E-state index contributed by atoms with van der Waals surface area (Å²) in [6.45, 7) is 3.74. The van der Waals surface area contributed by atoms with E-state index in [1.807, 2.05) is 30.3 Å². The van der Waals surface area contributed by atoms with Crippen LogP contribution in [0.3, 0.4) is 0 Å². The van der Waals surface area contributed by atoms with E-state index in [0.717, 1.165) is 17.5 Å². The van der Waals surface area contributed by atoms with Gasteiger partial charge in [0.25, 0.3) is 0 Å². The molecule has 0 N–H and O–H groups in total. The van der Waals surface area contributed by atoms with E-state index >= 15 is 0 Å². The third-order valence-corrected chi connectivity index (χ3v) is 2.71. The summed E-state index contributed by atoms with van der Waals surface area (Å²) < 4.78 is 4.79. The van der Waals surface area contributed by atoms with Gasteiger partial charge in [-0.2, -0.15) is 0 Å². The minimum atomic E-state index is -0.345. The molecule has 0 fully saturated rings. The van der Waals surface area contributed by atoms with Gasteiger partial charge in [-0.1, -0.05) is 42.5 Å². The Balaban J connectivity index is 2.67.